The van der Waals surface area contributed by atoms with E-state index < -0.39 is 11.9 Å². The van der Waals surface area contributed by atoms with Crippen molar-refractivity contribution in [1.82, 2.24) is 9.97 Å². The van der Waals surface area contributed by atoms with E-state index in [-0.39, 0.29) is 5.56 Å². The molecule has 0 atom stereocenters. The first-order valence-electron chi connectivity index (χ1n) is 6.25. The SMILES string of the molecule is CCOC(=O)c1cncc(N)c1.Nc1cncc(C(=O)O)c1. The predicted octanol–water partition coefficient (Wildman–Crippen LogP) is 1.20. The number of carboxylic acids is 1. The van der Waals surface area contributed by atoms with E-state index in [1.165, 1.54) is 36.9 Å². The zero-order chi connectivity index (χ0) is 16.5. The Kier molecular flexibility index (Phi) is 6.30. The van der Waals surface area contributed by atoms with Crippen LogP contribution in [0.3, 0.4) is 0 Å². The molecule has 0 amide bonds. The van der Waals surface area contributed by atoms with Crippen LogP contribution in [0.5, 0.6) is 0 Å². The van der Waals surface area contributed by atoms with Crippen LogP contribution in [0.2, 0.25) is 0 Å². The lowest BCUT2D eigenvalue weighted by Crippen LogP contribution is -2.05. The number of pyridine rings is 2. The summed E-state index contributed by atoms with van der Waals surface area (Å²) in [7, 11) is 0. The van der Waals surface area contributed by atoms with Crippen LogP contribution in [-0.2, 0) is 4.74 Å². The summed E-state index contributed by atoms with van der Waals surface area (Å²) in [5.74, 6) is -1.41. The molecule has 0 bridgehead atoms. The second kappa shape index (κ2) is 8.20. The Balaban J connectivity index is 0.000000224. The van der Waals surface area contributed by atoms with E-state index >= 15 is 0 Å². The fourth-order valence-electron chi connectivity index (χ4n) is 1.36. The van der Waals surface area contributed by atoms with Gasteiger partial charge in [-0.3, -0.25) is 9.97 Å². The number of aromatic nitrogens is 2. The van der Waals surface area contributed by atoms with Crippen LogP contribution in [0.25, 0.3) is 0 Å². The fourth-order valence-corrected chi connectivity index (χ4v) is 1.36. The smallest absolute Gasteiger partial charge is 0.339 e. The van der Waals surface area contributed by atoms with Gasteiger partial charge in [0.15, 0.2) is 0 Å². The monoisotopic (exact) mass is 304 g/mol. The lowest BCUT2D eigenvalue weighted by atomic mass is 10.3. The van der Waals surface area contributed by atoms with Gasteiger partial charge >= 0.3 is 11.9 Å². The largest absolute Gasteiger partial charge is 0.478 e. The molecule has 0 spiro atoms. The molecule has 0 aliphatic heterocycles. The number of anilines is 2. The van der Waals surface area contributed by atoms with Gasteiger partial charge in [0, 0.05) is 24.8 Å². The van der Waals surface area contributed by atoms with Gasteiger partial charge in [-0.25, -0.2) is 9.59 Å². The summed E-state index contributed by atoms with van der Waals surface area (Å²) in [6, 6.07) is 2.89. The maximum Gasteiger partial charge on any atom is 0.339 e. The molecule has 116 valence electrons. The van der Waals surface area contributed by atoms with Crippen molar-refractivity contribution in [2.75, 3.05) is 18.1 Å². The standard InChI is InChI=1S/C8H10N2O2.C6H6N2O2/c1-2-12-8(11)6-3-7(9)5-10-4-6;7-5-1-4(6(9)10)2-8-3-5/h3-5H,2,9H2,1H3;1-3H,7H2,(H,9,10). The van der Waals surface area contributed by atoms with Gasteiger partial charge in [0.1, 0.15) is 0 Å². The molecule has 5 N–H and O–H groups in total. The summed E-state index contributed by atoms with van der Waals surface area (Å²) in [5.41, 5.74) is 12.0. The molecule has 2 aromatic heterocycles. The van der Waals surface area contributed by atoms with Crippen LogP contribution >= 0.6 is 0 Å². The van der Waals surface area contributed by atoms with Crippen LogP contribution in [0, 0.1) is 0 Å². The number of carboxylic acid groups (broad SMARTS) is 1. The van der Waals surface area contributed by atoms with Crippen LogP contribution in [0.15, 0.2) is 36.9 Å². The third-order valence-corrected chi connectivity index (χ3v) is 2.28. The van der Waals surface area contributed by atoms with Crippen LogP contribution < -0.4 is 11.5 Å². The number of esters is 1. The molecule has 8 nitrogen and oxygen atoms in total. The summed E-state index contributed by atoms with van der Waals surface area (Å²) in [5, 5.41) is 8.41. The Hall–Kier alpha value is -3.16. The van der Waals surface area contributed by atoms with E-state index in [0.717, 1.165) is 0 Å². The highest BCUT2D eigenvalue weighted by molar-refractivity contribution is 5.89. The number of carbonyl (C=O) groups is 2. The molecular weight excluding hydrogens is 288 g/mol. The number of ether oxygens (including phenoxy) is 1. The normalized spacial score (nSPS) is 9.32. The molecule has 0 saturated heterocycles. The Bertz CT molecular complexity index is 661. The molecular formula is C14H16N4O4. The highest BCUT2D eigenvalue weighted by Gasteiger charge is 2.05. The molecule has 8 heteroatoms. The van der Waals surface area contributed by atoms with Crippen molar-refractivity contribution in [2.45, 2.75) is 6.92 Å². The first-order chi connectivity index (χ1) is 10.4. The lowest BCUT2D eigenvalue weighted by molar-refractivity contribution is 0.0525. The van der Waals surface area contributed by atoms with Gasteiger partial charge in [-0.15, -0.1) is 0 Å². The first-order valence-corrected chi connectivity index (χ1v) is 6.25. The van der Waals surface area contributed by atoms with E-state index in [1.807, 2.05) is 0 Å². The maximum atomic E-state index is 11.1. The average Bonchev–Trinajstić information content (AvgIpc) is 2.48. The molecule has 0 saturated carbocycles. The Morgan fingerprint density at radius 3 is 1.95 bits per heavy atom. The summed E-state index contributed by atoms with van der Waals surface area (Å²) in [6.07, 6.45) is 5.54. The zero-order valence-electron chi connectivity index (χ0n) is 11.9. The molecule has 0 aliphatic carbocycles. The number of carbonyl (C=O) groups excluding carboxylic acids is 1. The van der Waals surface area contributed by atoms with Gasteiger partial charge in [-0.2, -0.15) is 0 Å². The summed E-state index contributed by atoms with van der Waals surface area (Å²) in [4.78, 5) is 28.7. The van der Waals surface area contributed by atoms with Crippen molar-refractivity contribution in [3.05, 3.63) is 48.0 Å². The second-order valence-electron chi connectivity index (χ2n) is 4.04. The van der Waals surface area contributed by atoms with Crippen LogP contribution in [0.1, 0.15) is 27.6 Å². The van der Waals surface area contributed by atoms with Crippen molar-refractivity contribution in [2.24, 2.45) is 0 Å². The fraction of sp³-hybridized carbons (Fsp3) is 0.143. The number of nitrogens with zero attached hydrogens (tertiary/aromatic N) is 2. The van der Waals surface area contributed by atoms with Gasteiger partial charge in [-0.1, -0.05) is 0 Å². The number of aromatic carboxylic acids is 1. The number of hydrogen-bond acceptors (Lipinski definition) is 7. The second-order valence-corrected chi connectivity index (χ2v) is 4.04. The first kappa shape index (κ1) is 16.9. The van der Waals surface area contributed by atoms with Crippen LogP contribution in [-0.4, -0.2) is 33.6 Å². The van der Waals surface area contributed by atoms with Crippen molar-refractivity contribution in [1.29, 1.82) is 0 Å². The van der Waals surface area contributed by atoms with Gasteiger partial charge in [0.25, 0.3) is 0 Å². The highest BCUT2D eigenvalue weighted by Crippen LogP contribution is 2.05. The number of rotatable bonds is 3. The van der Waals surface area contributed by atoms with Crippen molar-refractivity contribution < 1.29 is 19.4 Å². The minimum absolute atomic E-state index is 0.111. The van der Waals surface area contributed by atoms with E-state index in [4.69, 9.17) is 21.3 Å². The van der Waals surface area contributed by atoms with E-state index in [1.54, 1.807) is 6.92 Å². The summed E-state index contributed by atoms with van der Waals surface area (Å²) in [6.45, 7) is 2.10. The number of nitrogen functional groups attached to an aromatic ring is 2. The average molecular weight is 304 g/mol. The quantitative estimate of drug-likeness (QED) is 0.718. The predicted molar refractivity (Wildman–Crippen MR) is 80.2 cm³/mol. The lowest BCUT2D eigenvalue weighted by Gasteiger charge is -2.00. The molecule has 22 heavy (non-hydrogen) atoms. The Morgan fingerprint density at radius 2 is 1.55 bits per heavy atom. The summed E-state index contributed by atoms with van der Waals surface area (Å²) < 4.78 is 4.75. The highest BCUT2D eigenvalue weighted by atomic mass is 16.5. The Labute approximate surface area is 126 Å². The van der Waals surface area contributed by atoms with E-state index in [2.05, 4.69) is 9.97 Å². The van der Waals surface area contributed by atoms with Gasteiger partial charge < -0.3 is 21.3 Å². The number of nitrogens with two attached hydrogens (primary N) is 2. The van der Waals surface area contributed by atoms with Crippen molar-refractivity contribution in [3.63, 3.8) is 0 Å². The van der Waals surface area contributed by atoms with Crippen LogP contribution in [0.4, 0.5) is 11.4 Å². The molecule has 2 heterocycles. The van der Waals surface area contributed by atoms with Crippen molar-refractivity contribution in [3.8, 4) is 0 Å². The maximum absolute atomic E-state index is 11.1. The minimum Gasteiger partial charge on any atom is -0.478 e. The Morgan fingerprint density at radius 1 is 1.05 bits per heavy atom. The molecule has 0 aliphatic rings. The molecule has 0 fully saturated rings. The molecule has 0 aromatic carbocycles. The molecule has 0 unspecified atom stereocenters. The van der Waals surface area contributed by atoms with Gasteiger partial charge in [0.05, 0.1) is 29.1 Å². The minimum atomic E-state index is -1.01. The number of hydrogen-bond donors (Lipinski definition) is 3. The zero-order valence-corrected chi connectivity index (χ0v) is 11.9. The topological polar surface area (TPSA) is 141 Å². The third kappa shape index (κ3) is 5.45. The molecule has 2 aromatic rings. The van der Waals surface area contributed by atoms with Crippen molar-refractivity contribution >= 4 is 23.3 Å². The van der Waals surface area contributed by atoms with Gasteiger partial charge in [0.2, 0.25) is 0 Å². The third-order valence-electron chi connectivity index (χ3n) is 2.28. The molecule has 2 rings (SSSR count). The van der Waals surface area contributed by atoms with E-state index in [9.17, 15) is 9.59 Å². The summed E-state index contributed by atoms with van der Waals surface area (Å²) >= 11 is 0. The van der Waals surface area contributed by atoms with Gasteiger partial charge in [-0.05, 0) is 19.1 Å². The molecule has 0 radical (unpaired) electrons. The van der Waals surface area contributed by atoms with E-state index in [0.29, 0.717) is 23.5 Å².